The molecule has 4 nitrogen and oxygen atoms in total. The van der Waals surface area contributed by atoms with Crippen molar-refractivity contribution in [1.29, 1.82) is 0 Å². The summed E-state index contributed by atoms with van der Waals surface area (Å²) in [4.78, 5) is 13.7. The number of anilines is 1. The quantitative estimate of drug-likeness (QED) is 0.823. The number of carbonyl (C=O) groups excluding carboxylic acids is 1. The molecule has 2 atom stereocenters. The van der Waals surface area contributed by atoms with Crippen molar-refractivity contribution in [2.45, 2.75) is 24.0 Å². The van der Waals surface area contributed by atoms with Gasteiger partial charge in [-0.3, -0.25) is 9.00 Å². The van der Waals surface area contributed by atoms with Crippen LogP contribution in [0.1, 0.15) is 12.5 Å². The van der Waals surface area contributed by atoms with Crippen molar-refractivity contribution in [2.75, 3.05) is 19.8 Å². The Morgan fingerprint density at radius 3 is 2.53 bits per heavy atom. The summed E-state index contributed by atoms with van der Waals surface area (Å²) in [6.07, 6.45) is 0. The van der Waals surface area contributed by atoms with Crippen LogP contribution in [-0.2, 0) is 15.6 Å². The molecule has 0 aliphatic heterocycles. The summed E-state index contributed by atoms with van der Waals surface area (Å²) in [5.41, 5.74) is 7.26. The summed E-state index contributed by atoms with van der Waals surface area (Å²) in [7, 11) is 1.88. The molecule has 94 valence electrons. The molecule has 1 amide bonds. The van der Waals surface area contributed by atoms with Crippen LogP contribution < -0.4 is 5.73 Å². The second-order valence-corrected chi connectivity index (χ2v) is 5.90. The van der Waals surface area contributed by atoms with Crippen molar-refractivity contribution in [3.8, 4) is 0 Å². The summed E-state index contributed by atoms with van der Waals surface area (Å²) < 4.78 is 12.2. The lowest BCUT2D eigenvalue weighted by molar-refractivity contribution is -0.127. The van der Waals surface area contributed by atoms with Crippen LogP contribution in [0.2, 0.25) is 0 Å². The minimum absolute atomic E-state index is 0.163. The van der Waals surface area contributed by atoms with Crippen molar-refractivity contribution >= 4 is 22.4 Å². The fraction of sp³-hybridized carbons (Fsp3) is 0.417. The van der Waals surface area contributed by atoms with Crippen LogP contribution >= 0.6 is 0 Å². The molecule has 2 unspecified atom stereocenters. The number of nitrogens with zero attached hydrogens (tertiary/aromatic N) is 1. The van der Waals surface area contributed by atoms with Crippen LogP contribution in [0.5, 0.6) is 0 Å². The predicted molar refractivity (Wildman–Crippen MR) is 70.2 cm³/mol. The zero-order valence-corrected chi connectivity index (χ0v) is 11.4. The molecule has 0 aliphatic carbocycles. The van der Waals surface area contributed by atoms with Crippen molar-refractivity contribution < 1.29 is 9.00 Å². The maximum Gasteiger partial charge on any atom is 0.237 e. The number of carbonyl (C=O) groups is 1. The summed E-state index contributed by atoms with van der Waals surface area (Å²) >= 11 is 0. The molecule has 0 aromatic heterocycles. The normalized spacial score (nSPS) is 14.1. The van der Waals surface area contributed by atoms with Crippen LogP contribution in [-0.4, -0.2) is 34.4 Å². The van der Waals surface area contributed by atoms with Gasteiger partial charge >= 0.3 is 0 Å². The highest BCUT2D eigenvalue weighted by Crippen LogP contribution is 2.22. The number of hydrogen-bond acceptors (Lipinski definition) is 3. The minimum atomic E-state index is -1.42. The monoisotopic (exact) mass is 254 g/mol. The molecule has 0 saturated carbocycles. The van der Waals surface area contributed by atoms with Crippen molar-refractivity contribution in [1.82, 2.24) is 4.90 Å². The first-order valence-electron chi connectivity index (χ1n) is 5.33. The van der Waals surface area contributed by atoms with E-state index in [1.165, 1.54) is 4.90 Å². The first-order valence-corrected chi connectivity index (χ1v) is 6.54. The highest BCUT2D eigenvalue weighted by molar-refractivity contribution is 7.86. The summed E-state index contributed by atoms with van der Waals surface area (Å²) in [5, 5.41) is -0.589. The molecule has 0 bridgehead atoms. The smallest absolute Gasteiger partial charge is 0.237 e. The number of rotatable bonds is 3. The lowest BCUT2D eigenvalue weighted by Crippen LogP contribution is -2.34. The average Bonchev–Trinajstić information content (AvgIpc) is 2.29. The number of hydrogen-bond donors (Lipinski definition) is 1. The number of aryl methyl sites for hydroxylation is 1. The van der Waals surface area contributed by atoms with Gasteiger partial charge in [0.2, 0.25) is 5.91 Å². The van der Waals surface area contributed by atoms with Gasteiger partial charge in [-0.1, -0.05) is 12.1 Å². The van der Waals surface area contributed by atoms with Gasteiger partial charge in [0, 0.05) is 14.1 Å². The zero-order valence-electron chi connectivity index (χ0n) is 10.6. The first-order chi connectivity index (χ1) is 7.86. The van der Waals surface area contributed by atoms with Gasteiger partial charge in [0.1, 0.15) is 5.25 Å². The molecular formula is C12H18N2O2S. The average molecular weight is 254 g/mol. The van der Waals surface area contributed by atoms with E-state index in [1.54, 1.807) is 33.2 Å². The Morgan fingerprint density at radius 1 is 1.41 bits per heavy atom. The van der Waals surface area contributed by atoms with E-state index in [2.05, 4.69) is 0 Å². The summed E-state index contributed by atoms with van der Waals surface area (Å²) in [6, 6.07) is 5.36. The first kappa shape index (κ1) is 13.7. The molecule has 0 fully saturated rings. The second-order valence-electron chi connectivity index (χ2n) is 4.16. The van der Waals surface area contributed by atoms with E-state index in [1.807, 2.05) is 13.0 Å². The Balaban J connectivity index is 3.05. The Labute approximate surface area is 104 Å². The molecule has 5 heteroatoms. The van der Waals surface area contributed by atoms with Crippen LogP contribution in [0.3, 0.4) is 0 Å². The molecule has 0 heterocycles. The van der Waals surface area contributed by atoms with Crippen LogP contribution in [0.4, 0.5) is 5.69 Å². The SMILES string of the molecule is Cc1cccc(S(=O)C(C)C(=O)N(C)C)c1N. The molecule has 0 radical (unpaired) electrons. The highest BCUT2D eigenvalue weighted by Gasteiger charge is 2.24. The van der Waals surface area contributed by atoms with Gasteiger partial charge in [0.25, 0.3) is 0 Å². The molecule has 0 spiro atoms. The van der Waals surface area contributed by atoms with E-state index in [0.29, 0.717) is 10.6 Å². The van der Waals surface area contributed by atoms with E-state index >= 15 is 0 Å². The van der Waals surface area contributed by atoms with Gasteiger partial charge in [-0.05, 0) is 25.5 Å². The Morgan fingerprint density at radius 2 is 2.00 bits per heavy atom. The Kier molecular flexibility index (Phi) is 4.28. The lowest BCUT2D eigenvalue weighted by Gasteiger charge is -2.17. The van der Waals surface area contributed by atoms with Gasteiger partial charge in [-0.15, -0.1) is 0 Å². The van der Waals surface area contributed by atoms with Crippen molar-refractivity contribution in [2.24, 2.45) is 0 Å². The van der Waals surface area contributed by atoms with E-state index in [0.717, 1.165) is 5.56 Å². The van der Waals surface area contributed by atoms with E-state index in [-0.39, 0.29) is 5.91 Å². The van der Waals surface area contributed by atoms with E-state index in [9.17, 15) is 9.00 Å². The molecule has 1 aromatic carbocycles. The largest absolute Gasteiger partial charge is 0.398 e. The molecule has 0 aliphatic rings. The van der Waals surface area contributed by atoms with Crippen LogP contribution in [0.25, 0.3) is 0 Å². The molecule has 17 heavy (non-hydrogen) atoms. The predicted octanol–water partition coefficient (Wildman–Crippen LogP) is 1.16. The van der Waals surface area contributed by atoms with Gasteiger partial charge < -0.3 is 10.6 Å². The van der Waals surface area contributed by atoms with E-state index in [4.69, 9.17) is 5.73 Å². The maximum atomic E-state index is 12.2. The number of para-hydroxylation sites is 1. The molecule has 1 rings (SSSR count). The third-order valence-corrected chi connectivity index (χ3v) is 4.24. The molecule has 1 aromatic rings. The minimum Gasteiger partial charge on any atom is -0.398 e. The second kappa shape index (κ2) is 5.31. The fourth-order valence-corrected chi connectivity index (χ4v) is 2.84. The van der Waals surface area contributed by atoms with Gasteiger partial charge in [0.15, 0.2) is 0 Å². The number of benzene rings is 1. The topological polar surface area (TPSA) is 63.4 Å². The van der Waals surface area contributed by atoms with Crippen LogP contribution in [0.15, 0.2) is 23.1 Å². The highest BCUT2D eigenvalue weighted by atomic mass is 32.2. The van der Waals surface area contributed by atoms with Gasteiger partial charge in [-0.25, -0.2) is 0 Å². The number of nitrogen functional groups attached to an aromatic ring is 1. The number of nitrogens with two attached hydrogens (primary N) is 1. The molecule has 0 saturated heterocycles. The number of amides is 1. The Hall–Kier alpha value is -1.36. The zero-order chi connectivity index (χ0) is 13.2. The third kappa shape index (κ3) is 2.85. The van der Waals surface area contributed by atoms with Gasteiger partial charge in [-0.2, -0.15) is 0 Å². The third-order valence-electron chi connectivity index (χ3n) is 2.61. The summed E-state index contributed by atoms with van der Waals surface area (Å²) in [5.74, 6) is -0.163. The van der Waals surface area contributed by atoms with Crippen molar-refractivity contribution in [3.63, 3.8) is 0 Å². The molecule has 2 N–H and O–H groups in total. The maximum absolute atomic E-state index is 12.2. The summed E-state index contributed by atoms with van der Waals surface area (Å²) in [6.45, 7) is 3.51. The van der Waals surface area contributed by atoms with Gasteiger partial charge in [0.05, 0.1) is 21.4 Å². The molecular weight excluding hydrogens is 236 g/mol. The Bertz CT molecular complexity index is 458. The fourth-order valence-electron chi connectivity index (χ4n) is 1.47. The lowest BCUT2D eigenvalue weighted by atomic mass is 10.2. The van der Waals surface area contributed by atoms with E-state index < -0.39 is 16.0 Å². The standard InChI is InChI=1S/C12H18N2O2S/c1-8-6-5-7-10(11(8)13)17(16)9(2)12(15)14(3)4/h5-7,9H,13H2,1-4H3. The van der Waals surface area contributed by atoms with Crippen LogP contribution in [0, 0.1) is 6.92 Å². The van der Waals surface area contributed by atoms with Crippen molar-refractivity contribution in [3.05, 3.63) is 23.8 Å².